The third kappa shape index (κ3) is 3.86. The molecule has 1 aliphatic heterocycles. The number of aromatic nitrogens is 1. The van der Waals surface area contributed by atoms with Crippen molar-refractivity contribution >= 4 is 34.5 Å². The highest BCUT2D eigenvalue weighted by Gasteiger charge is 2.30. The zero-order valence-electron chi connectivity index (χ0n) is 15.6. The molecule has 1 saturated heterocycles. The van der Waals surface area contributed by atoms with Crippen molar-refractivity contribution in [3.05, 3.63) is 63.3 Å². The molecular formula is C21H21N3O2S2. The Labute approximate surface area is 172 Å². The average Bonchev–Trinajstić information content (AvgIpc) is 3.47. The van der Waals surface area contributed by atoms with Crippen LogP contribution >= 0.6 is 22.7 Å². The average molecular weight is 412 g/mol. The van der Waals surface area contributed by atoms with E-state index in [0.717, 1.165) is 42.1 Å². The minimum absolute atomic E-state index is 0.0442. The summed E-state index contributed by atoms with van der Waals surface area (Å²) in [6.45, 7) is 3.33. The molecule has 1 aromatic carbocycles. The fraction of sp³-hybridized carbons (Fsp3) is 0.286. The minimum atomic E-state index is -0.683. The van der Waals surface area contributed by atoms with Gasteiger partial charge in [-0.3, -0.25) is 9.59 Å². The van der Waals surface area contributed by atoms with Gasteiger partial charge in [0.15, 0.2) is 0 Å². The molecule has 1 atom stereocenters. The summed E-state index contributed by atoms with van der Waals surface area (Å²) in [5.41, 5.74) is 2.50. The lowest BCUT2D eigenvalue weighted by Crippen LogP contribution is -2.41. The van der Waals surface area contributed by atoms with Gasteiger partial charge in [0.1, 0.15) is 15.9 Å². The monoisotopic (exact) mass is 411 g/mol. The predicted molar refractivity (Wildman–Crippen MR) is 113 cm³/mol. The molecule has 0 radical (unpaired) electrons. The minimum Gasteiger partial charge on any atom is -0.341 e. The number of likely N-dealkylation sites (tertiary alicyclic amines) is 1. The lowest BCUT2D eigenvalue weighted by atomic mass is 10.1. The van der Waals surface area contributed by atoms with Crippen LogP contribution in [0.4, 0.5) is 0 Å². The summed E-state index contributed by atoms with van der Waals surface area (Å²) in [4.78, 5) is 33.1. The third-order valence-corrected chi connectivity index (χ3v) is 6.73. The summed E-state index contributed by atoms with van der Waals surface area (Å²) >= 11 is 2.96. The smallest absolute Gasteiger partial charge is 0.264 e. The zero-order valence-corrected chi connectivity index (χ0v) is 17.2. The van der Waals surface area contributed by atoms with Crippen LogP contribution in [-0.4, -0.2) is 34.8 Å². The Kier molecular flexibility index (Phi) is 5.54. The number of rotatable bonds is 5. The standard InChI is InChI=1S/C21H21N3O2S2/c1-14-18(28-20(22-14)16-9-12-27-13-16)19(25)23-17(15-7-3-2-4-8-15)21(26)24-10-5-6-11-24/h2-4,7-9,12-13,17H,5-6,10-11H2,1H3,(H,23,25). The van der Waals surface area contributed by atoms with Crippen molar-refractivity contribution in [3.8, 4) is 10.6 Å². The maximum atomic E-state index is 13.1. The van der Waals surface area contributed by atoms with E-state index >= 15 is 0 Å². The molecule has 1 aliphatic rings. The highest BCUT2D eigenvalue weighted by Crippen LogP contribution is 2.30. The molecule has 0 saturated carbocycles. The van der Waals surface area contributed by atoms with Crippen LogP contribution < -0.4 is 5.32 Å². The Morgan fingerprint density at radius 2 is 1.89 bits per heavy atom. The Morgan fingerprint density at radius 1 is 1.14 bits per heavy atom. The van der Waals surface area contributed by atoms with E-state index in [4.69, 9.17) is 0 Å². The first-order chi connectivity index (χ1) is 13.6. The maximum absolute atomic E-state index is 13.1. The molecule has 4 rings (SSSR count). The molecule has 28 heavy (non-hydrogen) atoms. The number of nitrogens with one attached hydrogen (secondary N) is 1. The first-order valence-electron chi connectivity index (χ1n) is 9.28. The van der Waals surface area contributed by atoms with Crippen LogP contribution in [0.15, 0.2) is 47.2 Å². The predicted octanol–water partition coefficient (Wildman–Crippen LogP) is 4.27. The third-order valence-electron chi connectivity index (χ3n) is 4.84. The zero-order chi connectivity index (χ0) is 19.5. The first-order valence-corrected chi connectivity index (χ1v) is 11.0. The van der Waals surface area contributed by atoms with Crippen molar-refractivity contribution in [1.82, 2.24) is 15.2 Å². The van der Waals surface area contributed by atoms with E-state index in [1.54, 1.807) is 11.3 Å². The van der Waals surface area contributed by atoms with Gasteiger partial charge < -0.3 is 10.2 Å². The van der Waals surface area contributed by atoms with E-state index in [1.807, 2.05) is 59.0 Å². The molecule has 7 heteroatoms. The van der Waals surface area contributed by atoms with Crippen molar-refractivity contribution in [1.29, 1.82) is 0 Å². The normalized spacial score (nSPS) is 14.8. The van der Waals surface area contributed by atoms with E-state index in [1.165, 1.54) is 11.3 Å². The summed E-state index contributed by atoms with van der Waals surface area (Å²) in [6.07, 6.45) is 2.03. The van der Waals surface area contributed by atoms with Crippen LogP contribution in [-0.2, 0) is 4.79 Å². The number of aryl methyl sites for hydroxylation is 1. The van der Waals surface area contributed by atoms with Crippen LogP contribution in [0.2, 0.25) is 0 Å². The van der Waals surface area contributed by atoms with E-state index in [0.29, 0.717) is 10.6 Å². The summed E-state index contributed by atoms with van der Waals surface area (Å²) in [5, 5.41) is 7.80. The van der Waals surface area contributed by atoms with E-state index in [9.17, 15) is 9.59 Å². The summed E-state index contributed by atoms with van der Waals surface area (Å²) in [6, 6.07) is 10.8. The topological polar surface area (TPSA) is 62.3 Å². The number of thiazole rings is 1. The van der Waals surface area contributed by atoms with Crippen LogP contribution in [0.1, 0.15) is 39.8 Å². The highest BCUT2D eigenvalue weighted by molar-refractivity contribution is 7.17. The molecular weight excluding hydrogens is 390 g/mol. The van der Waals surface area contributed by atoms with Crippen LogP contribution in [0, 0.1) is 6.92 Å². The van der Waals surface area contributed by atoms with Crippen LogP contribution in [0.5, 0.6) is 0 Å². The number of benzene rings is 1. The van der Waals surface area contributed by atoms with Crippen molar-refractivity contribution < 1.29 is 9.59 Å². The second-order valence-corrected chi connectivity index (χ2v) is 8.57. The Bertz CT molecular complexity index is 961. The number of hydrogen-bond acceptors (Lipinski definition) is 5. The fourth-order valence-electron chi connectivity index (χ4n) is 3.37. The number of carbonyl (C=O) groups is 2. The lowest BCUT2D eigenvalue weighted by molar-refractivity contribution is -0.132. The van der Waals surface area contributed by atoms with Gasteiger partial charge in [-0.2, -0.15) is 11.3 Å². The van der Waals surface area contributed by atoms with Gasteiger partial charge in [0.25, 0.3) is 5.91 Å². The SMILES string of the molecule is Cc1nc(-c2ccsc2)sc1C(=O)NC(C(=O)N1CCCC1)c1ccccc1. The van der Waals surface area contributed by atoms with Gasteiger partial charge >= 0.3 is 0 Å². The summed E-state index contributed by atoms with van der Waals surface area (Å²) in [7, 11) is 0. The number of hydrogen-bond donors (Lipinski definition) is 1. The lowest BCUT2D eigenvalue weighted by Gasteiger charge is -2.24. The molecule has 0 spiro atoms. The van der Waals surface area contributed by atoms with E-state index < -0.39 is 6.04 Å². The van der Waals surface area contributed by atoms with Gasteiger partial charge in [0, 0.05) is 24.0 Å². The summed E-state index contributed by atoms with van der Waals surface area (Å²) < 4.78 is 0. The van der Waals surface area contributed by atoms with E-state index in [-0.39, 0.29) is 11.8 Å². The Morgan fingerprint density at radius 3 is 2.57 bits per heavy atom. The Hall–Kier alpha value is -2.51. The first kappa shape index (κ1) is 18.8. The van der Waals surface area contributed by atoms with Crippen molar-refractivity contribution in [3.63, 3.8) is 0 Å². The van der Waals surface area contributed by atoms with Crippen molar-refractivity contribution in [2.24, 2.45) is 0 Å². The second-order valence-electron chi connectivity index (χ2n) is 6.80. The highest BCUT2D eigenvalue weighted by atomic mass is 32.1. The van der Waals surface area contributed by atoms with Crippen LogP contribution in [0.25, 0.3) is 10.6 Å². The van der Waals surface area contributed by atoms with Gasteiger partial charge in [-0.25, -0.2) is 4.98 Å². The molecule has 2 amide bonds. The molecule has 2 aromatic heterocycles. The quantitative estimate of drug-likeness (QED) is 0.682. The van der Waals surface area contributed by atoms with E-state index in [2.05, 4.69) is 10.3 Å². The van der Waals surface area contributed by atoms with Gasteiger partial charge in [-0.05, 0) is 36.8 Å². The van der Waals surface area contributed by atoms with Gasteiger partial charge in [-0.1, -0.05) is 30.3 Å². The second kappa shape index (κ2) is 8.24. The molecule has 3 aromatic rings. The maximum Gasteiger partial charge on any atom is 0.264 e. The number of amides is 2. The molecule has 1 N–H and O–H groups in total. The molecule has 0 bridgehead atoms. The molecule has 144 valence electrons. The number of carbonyl (C=O) groups excluding carboxylic acids is 2. The molecule has 0 aliphatic carbocycles. The van der Waals surface area contributed by atoms with Crippen molar-refractivity contribution in [2.75, 3.05) is 13.1 Å². The van der Waals surface area contributed by atoms with Gasteiger partial charge in [0.2, 0.25) is 5.91 Å². The Balaban J connectivity index is 1.60. The largest absolute Gasteiger partial charge is 0.341 e. The van der Waals surface area contributed by atoms with Gasteiger partial charge in [0.05, 0.1) is 5.69 Å². The molecule has 5 nitrogen and oxygen atoms in total. The fourth-order valence-corrected chi connectivity index (χ4v) is 5.05. The summed E-state index contributed by atoms with van der Waals surface area (Å²) in [5.74, 6) is -0.296. The van der Waals surface area contributed by atoms with Crippen LogP contribution in [0.3, 0.4) is 0 Å². The molecule has 3 heterocycles. The molecule has 1 unspecified atom stereocenters. The van der Waals surface area contributed by atoms with Gasteiger partial charge in [-0.15, -0.1) is 11.3 Å². The number of nitrogens with zero attached hydrogens (tertiary/aromatic N) is 2. The number of thiophene rings is 1. The molecule has 1 fully saturated rings. The van der Waals surface area contributed by atoms with Crippen molar-refractivity contribution in [2.45, 2.75) is 25.8 Å².